The van der Waals surface area contributed by atoms with Crippen LogP contribution in [0.5, 0.6) is 11.5 Å². The Morgan fingerprint density at radius 1 is 0.944 bits per heavy atom. The Balaban J connectivity index is 1.50. The summed E-state index contributed by atoms with van der Waals surface area (Å²) in [6, 6.07) is 22.2. The van der Waals surface area contributed by atoms with Crippen LogP contribution in [0.4, 0.5) is 4.39 Å². The average molecular weight is 496 g/mol. The van der Waals surface area contributed by atoms with Gasteiger partial charge in [-0.15, -0.1) is 0 Å². The van der Waals surface area contributed by atoms with E-state index in [1.54, 1.807) is 49.6 Å². The van der Waals surface area contributed by atoms with Crippen LogP contribution in [0.2, 0.25) is 0 Å². The van der Waals surface area contributed by atoms with Crippen molar-refractivity contribution >= 4 is 17.6 Å². The SMILES string of the molecule is COC(=O)C(=Cc1ccc(OCC(O)CNCC(OC)Oc2ccccc2)cc1)c1ccccc1F. The highest BCUT2D eigenvalue weighted by molar-refractivity contribution is 6.21. The molecule has 3 aromatic rings. The van der Waals surface area contributed by atoms with Gasteiger partial charge < -0.3 is 29.4 Å². The van der Waals surface area contributed by atoms with Crippen LogP contribution in [0.15, 0.2) is 78.9 Å². The molecule has 2 unspecified atom stereocenters. The number of aliphatic hydroxyl groups is 1. The van der Waals surface area contributed by atoms with Crippen molar-refractivity contribution in [1.82, 2.24) is 5.32 Å². The maximum absolute atomic E-state index is 14.2. The minimum absolute atomic E-state index is 0.0714. The Hall–Kier alpha value is -3.72. The van der Waals surface area contributed by atoms with E-state index in [0.717, 1.165) is 0 Å². The predicted molar refractivity (Wildman–Crippen MR) is 135 cm³/mol. The van der Waals surface area contributed by atoms with Crippen LogP contribution in [0.1, 0.15) is 11.1 Å². The van der Waals surface area contributed by atoms with Gasteiger partial charge in [0.1, 0.15) is 30.0 Å². The molecule has 0 radical (unpaired) electrons. The Morgan fingerprint density at radius 2 is 1.64 bits per heavy atom. The highest BCUT2D eigenvalue weighted by atomic mass is 19.1. The third kappa shape index (κ3) is 8.20. The van der Waals surface area contributed by atoms with Gasteiger partial charge in [0.2, 0.25) is 6.29 Å². The molecule has 0 saturated carbocycles. The number of nitrogens with one attached hydrogen (secondary N) is 1. The monoisotopic (exact) mass is 495 g/mol. The van der Waals surface area contributed by atoms with Crippen molar-refractivity contribution in [2.24, 2.45) is 0 Å². The molecule has 36 heavy (non-hydrogen) atoms. The van der Waals surface area contributed by atoms with Gasteiger partial charge in [0.15, 0.2) is 0 Å². The first-order chi connectivity index (χ1) is 17.5. The number of benzene rings is 3. The van der Waals surface area contributed by atoms with Gasteiger partial charge in [0.05, 0.1) is 19.2 Å². The number of ether oxygens (including phenoxy) is 4. The molecule has 3 aromatic carbocycles. The standard InChI is InChI=1S/C28H30FNO6/c1-33-27(36-23-8-4-3-5-9-23)18-30-17-21(31)19-35-22-14-12-20(13-15-22)16-25(28(32)34-2)24-10-6-7-11-26(24)29/h3-16,21,27,30-31H,17-19H2,1-2H3. The van der Waals surface area contributed by atoms with Gasteiger partial charge in [0, 0.05) is 19.2 Å². The second-order valence-electron chi connectivity index (χ2n) is 7.82. The van der Waals surface area contributed by atoms with Crippen molar-refractivity contribution in [2.45, 2.75) is 12.4 Å². The minimum Gasteiger partial charge on any atom is -0.491 e. The van der Waals surface area contributed by atoms with Crippen molar-refractivity contribution in [2.75, 3.05) is 33.9 Å². The van der Waals surface area contributed by atoms with E-state index < -0.39 is 24.2 Å². The number of para-hydroxylation sites is 1. The van der Waals surface area contributed by atoms with Crippen molar-refractivity contribution in [1.29, 1.82) is 0 Å². The van der Waals surface area contributed by atoms with Gasteiger partial charge in [-0.25, -0.2) is 9.18 Å². The number of hydrogen-bond acceptors (Lipinski definition) is 7. The summed E-state index contributed by atoms with van der Waals surface area (Å²) < 4.78 is 35.7. The fourth-order valence-electron chi connectivity index (χ4n) is 3.31. The van der Waals surface area contributed by atoms with E-state index in [1.807, 2.05) is 30.3 Å². The zero-order valence-corrected chi connectivity index (χ0v) is 20.2. The average Bonchev–Trinajstić information content (AvgIpc) is 2.91. The lowest BCUT2D eigenvalue weighted by Gasteiger charge is -2.19. The molecule has 7 nitrogen and oxygen atoms in total. The predicted octanol–water partition coefficient (Wildman–Crippen LogP) is 3.92. The largest absolute Gasteiger partial charge is 0.491 e. The molecule has 0 aliphatic heterocycles. The minimum atomic E-state index is -0.759. The molecule has 0 heterocycles. The first-order valence-corrected chi connectivity index (χ1v) is 11.4. The number of aliphatic hydroxyl groups excluding tert-OH is 1. The Labute approximate surface area is 210 Å². The molecule has 190 valence electrons. The Kier molecular flexibility index (Phi) is 10.4. The third-order valence-electron chi connectivity index (χ3n) is 5.17. The van der Waals surface area contributed by atoms with Gasteiger partial charge in [0.25, 0.3) is 0 Å². The first kappa shape index (κ1) is 26.9. The van der Waals surface area contributed by atoms with E-state index in [1.165, 1.54) is 19.2 Å². The van der Waals surface area contributed by atoms with Gasteiger partial charge in [-0.05, 0) is 42.0 Å². The van der Waals surface area contributed by atoms with E-state index in [4.69, 9.17) is 18.9 Å². The topological polar surface area (TPSA) is 86.3 Å². The number of esters is 1. The van der Waals surface area contributed by atoms with Gasteiger partial charge in [-0.3, -0.25) is 0 Å². The summed E-state index contributed by atoms with van der Waals surface area (Å²) in [5.74, 6) is 0.0842. The lowest BCUT2D eigenvalue weighted by Crippen LogP contribution is -2.38. The van der Waals surface area contributed by atoms with Crippen LogP contribution in [0.3, 0.4) is 0 Å². The number of hydrogen-bond donors (Lipinski definition) is 2. The van der Waals surface area contributed by atoms with Crippen molar-refractivity contribution < 1.29 is 33.2 Å². The molecule has 2 N–H and O–H groups in total. The molecule has 0 aliphatic carbocycles. The summed E-state index contributed by atoms with van der Waals surface area (Å²) in [6.45, 7) is 0.736. The lowest BCUT2D eigenvalue weighted by atomic mass is 10.0. The van der Waals surface area contributed by atoms with Crippen molar-refractivity contribution in [3.8, 4) is 11.5 Å². The molecule has 0 aromatic heterocycles. The fraction of sp³-hybridized carbons (Fsp3) is 0.250. The zero-order valence-electron chi connectivity index (χ0n) is 20.2. The van der Waals surface area contributed by atoms with E-state index in [-0.39, 0.29) is 24.3 Å². The van der Waals surface area contributed by atoms with Crippen LogP contribution in [0.25, 0.3) is 11.6 Å². The second-order valence-corrected chi connectivity index (χ2v) is 7.82. The molecule has 0 bridgehead atoms. The molecule has 0 aliphatic rings. The lowest BCUT2D eigenvalue weighted by molar-refractivity contribution is -0.133. The zero-order chi connectivity index (χ0) is 25.8. The molecule has 3 rings (SSSR count). The van der Waals surface area contributed by atoms with Gasteiger partial charge in [-0.1, -0.05) is 48.5 Å². The molecular formula is C28H30FNO6. The summed E-state index contributed by atoms with van der Waals surface area (Å²) in [7, 11) is 2.80. The van der Waals surface area contributed by atoms with E-state index in [9.17, 15) is 14.3 Å². The summed E-state index contributed by atoms with van der Waals surface area (Å²) in [6.07, 6.45) is 0.294. The smallest absolute Gasteiger partial charge is 0.338 e. The molecule has 0 amide bonds. The highest BCUT2D eigenvalue weighted by Gasteiger charge is 2.16. The molecular weight excluding hydrogens is 465 g/mol. The number of carbonyl (C=O) groups excluding carboxylic acids is 1. The number of halogens is 1. The van der Waals surface area contributed by atoms with E-state index >= 15 is 0 Å². The quantitative estimate of drug-likeness (QED) is 0.161. The first-order valence-electron chi connectivity index (χ1n) is 11.4. The van der Waals surface area contributed by atoms with Gasteiger partial charge in [-0.2, -0.15) is 0 Å². The molecule has 8 heteroatoms. The van der Waals surface area contributed by atoms with Crippen LogP contribution < -0.4 is 14.8 Å². The van der Waals surface area contributed by atoms with Crippen LogP contribution in [-0.2, 0) is 14.3 Å². The molecule has 2 atom stereocenters. The van der Waals surface area contributed by atoms with Crippen LogP contribution in [0, 0.1) is 5.82 Å². The third-order valence-corrected chi connectivity index (χ3v) is 5.17. The Bertz CT molecular complexity index is 1120. The van der Waals surface area contributed by atoms with Crippen molar-refractivity contribution in [3.05, 3.63) is 95.8 Å². The normalized spacial score (nSPS) is 13.1. The fourth-order valence-corrected chi connectivity index (χ4v) is 3.31. The molecule has 0 spiro atoms. The molecule has 0 saturated heterocycles. The van der Waals surface area contributed by atoms with Crippen LogP contribution in [-0.4, -0.2) is 57.4 Å². The van der Waals surface area contributed by atoms with E-state index in [2.05, 4.69) is 5.32 Å². The second kappa shape index (κ2) is 14.0. The summed E-state index contributed by atoms with van der Waals surface area (Å²) in [5, 5.41) is 13.3. The number of carbonyl (C=O) groups is 1. The van der Waals surface area contributed by atoms with Crippen molar-refractivity contribution in [3.63, 3.8) is 0 Å². The van der Waals surface area contributed by atoms with Gasteiger partial charge >= 0.3 is 5.97 Å². The Morgan fingerprint density at radius 3 is 2.31 bits per heavy atom. The summed E-state index contributed by atoms with van der Waals surface area (Å²) >= 11 is 0. The maximum Gasteiger partial charge on any atom is 0.338 e. The molecule has 0 fully saturated rings. The van der Waals surface area contributed by atoms with Crippen LogP contribution >= 0.6 is 0 Å². The summed E-state index contributed by atoms with van der Waals surface area (Å²) in [4.78, 5) is 12.2. The number of methoxy groups -OCH3 is 2. The maximum atomic E-state index is 14.2. The van der Waals surface area contributed by atoms with E-state index in [0.29, 0.717) is 23.6 Å². The summed E-state index contributed by atoms with van der Waals surface area (Å²) in [5.41, 5.74) is 0.929. The number of rotatable bonds is 13. The highest BCUT2D eigenvalue weighted by Crippen LogP contribution is 2.23.